The molecule has 0 unspecified atom stereocenters. The van der Waals surface area contributed by atoms with Gasteiger partial charge < -0.3 is 14.2 Å². The van der Waals surface area contributed by atoms with Crippen molar-refractivity contribution in [2.24, 2.45) is 0 Å². The van der Waals surface area contributed by atoms with Gasteiger partial charge in [-0.05, 0) is 24.6 Å². The quantitative estimate of drug-likeness (QED) is 0.880. The summed E-state index contributed by atoms with van der Waals surface area (Å²) in [6, 6.07) is 5.66. The van der Waals surface area contributed by atoms with E-state index in [0.717, 1.165) is 10.6 Å². The van der Waals surface area contributed by atoms with Crippen LogP contribution in [0.25, 0.3) is 0 Å². The van der Waals surface area contributed by atoms with E-state index in [1.165, 1.54) is 11.3 Å². The van der Waals surface area contributed by atoms with E-state index in [4.69, 9.17) is 14.2 Å². The Hall–Kier alpha value is -2.35. The average molecular weight is 323 g/mol. The van der Waals surface area contributed by atoms with Crippen LogP contribution in [0.1, 0.15) is 17.5 Å². The molecule has 0 atom stereocenters. The molecule has 0 saturated heterocycles. The summed E-state index contributed by atoms with van der Waals surface area (Å²) < 4.78 is 15.3. The van der Waals surface area contributed by atoms with Gasteiger partial charge in [0.25, 0.3) is 0 Å². The predicted molar refractivity (Wildman–Crippen MR) is 82.9 cm³/mol. The number of benzene rings is 1. The highest BCUT2D eigenvalue weighted by molar-refractivity contribution is 7.15. The molecule has 0 aliphatic rings. The lowest BCUT2D eigenvalue weighted by atomic mass is 10.1. The third kappa shape index (κ3) is 4.08. The van der Waals surface area contributed by atoms with Gasteiger partial charge in [0.2, 0.25) is 5.13 Å². The molecular weight excluding hydrogens is 306 g/mol. The lowest BCUT2D eigenvalue weighted by molar-refractivity contribution is 0.168. The SMILES string of the molecule is CCOC(=O)Nc1nnc(Cc2ccc(OC)c(OC)c2)s1. The van der Waals surface area contributed by atoms with Gasteiger partial charge in [0.1, 0.15) is 5.01 Å². The Labute approximate surface area is 132 Å². The second-order valence-corrected chi connectivity index (χ2v) is 5.27. The van der Waals surface area contributed by atoms with E-state index in [1.807, 2.05) is 18.2 Å². The van der Waals surface area contributed by atoms with Gasteiger partial charge in [-0.1, -0.05) is 17.4 Å². The molecule has 1 aromatic carbocycles. The van der Waals surface area contributed by atoms with E-state index in [-0.39, 0.29) is 0 Å². The van der Waals surface area contributed by atoms with E-state index in [9.17, 15) is 4.79 Å². The second-order valence-electron chi connectivity index (χ2n) is 4.21. The number of methoxy groups -OCH3 is 2. The molecule has 0 aliphatic heterocycles. The standard InChI is InChI=1S/C14H17N3O4S/c1-4-21-14(18)15-13-17-16-12(22-13)8-9-5-6-10(19-2)11(7-9)20-3/h5-7H,4,8H2,1-3H3,(H,15,17,18). The minimum atomic E-state index is -0.531. The van der Waals surface area contributed by atoms with E-state index >= 15 is 0 Å². The Bertz CT molecular complexity index is 645. The van der Waals surface area contributed by atoms with Crippen LogP contribution >= 0.6 is 11.3 Å². The van der Waals surface area contributed by atoms with Crippen LogP contribution in [-0.4, -0.2) is 37.1 Å². The molecule has 1 heterocycles. The third-order valence-electron chi connectivity index (χ3n) is 2.75. The van der Waals surface area contributed by atoms with E-state index in [2.05, 4.69) is 15.5 Å². The number of hydrogen-bond acceptors (Lipinski definition) is 7. The highest BCUT2D eigenvalue weighted by Crippen LogP contribution is 2.29. The van der Waals surface area contributed by atoms with Gasteiger partial charge in [-0.2, -0.15) is 0 Å². The number of amides is 1. The van der Waals surface area contributed by atoms with Crippen LogP contribution in [0.3, 0.4) is 0 Å². The molecule has 0 aliphatic carbocycles. The Morgan fingerprint density at radius 2 is 2.00 bits per heavy atom. The van der Waals surface area contributed by atoms with Crippen molar-refractivity contribution in [2.75, 3.05) is 26.1 Å². The van der Waals surface area contributed by atoms with Gasteiger partial charge >= 0.3 is 6.09 Å². The van der Waals surface area contributed by atoms with Gasteiger partial charge in [-0.15, -0.1) is 10.2 Å². The van der Waals surface area contributed by atoms with Gasteiger partial charge in [-0.25, -0.2) is 4.79 Å². The minimum Gasteiger partial charge on any atom is -0.493 e. The van der Waals surface area contributed by atoms with Crippen molar-refractivity contribution in [3.63, 3.8) is 0 Å². The number of carbonyl (C=O) groups excluding carboxylic acids is 1. The number of rotatable bonds is 6. The molecule has 1 N–H and O–H groups in total. The maximum absolute atomic E-state index is 11.3. The first-order valence-corrected chi connectivity index (χ1v) is 7.45. The summed E-state index contributed by atoms with van der Waals surface area (Å²) in [6.45, 7) is 2.05. The van der Waals surface area contributed by atoms with Crippen molar-refractivity contribution < 1.29 is 19.0 Å². The fourth-order valence-electron chi connectivity index (χ4n) is 1.80. The molecule has 118 valence electrons. The lowest BCUT2D eigenvalue weighted by Gasteiger charge is -2.08. The molecule has 22 heavy (non-hydrogen) atoms. The summed E-state index contributed by atoms with van der Waals surface area (Å²) in [5.74, 6) is 1.34. The molecular formula is C14H17N3O4S. The number of nitrogens with one attached hydrogen (secondary N) is 1. The molecule has 7 nitrogen and oxygen atoms in total. The van der Waals surface area contributed by atoms with E-state index < -0.39 is 6.09 Å². The maximum atomic E-state index is 11.3. The minimum absolute atomic E-state index is 0.309. The number of nitrogens with zero attached hydrogens (tertiary/aromatic N) is 2. The fourth-order valence-corrected chi connectivity index (χ4v) is 2.55. The first-order valence-electron chi connectivity index (χ1n) is 6.63. The Kier molecular flexibility index (Phi) is 5.54. The Morgan fingerprint density at radius 1 is 1.23 bits per heavy atom. The second kappa shape index (κ2) is 7.60. The zero-order valence-electron chi connectivity index (χ0n) is 12.6. The highest BCUT2D eigenvalue weighted by atomic mass is 32.1. The number of ether oxygens (including phenoxy) is 3. The molecule has 0 fully saturated rings. The topological polar surface area (TPSA) is 82.6 Å². The van der Waals surface area contributed by atoms with Crippen molar-refractivity contribution in [3.8, 4) is 11.5 Å². The van der Waals surface area contributed by atoms with Gasteiger partial charge in [0.15, 0.2) is 11.5 Å². The van der Waals surface area contributed by atoms with Crippen molar-refractivity contribution >= 4 is 22.6 Å². The molecule has 8 heteroatoms. The summed E-state index contributed by atoms with van der Waals surface area (Å²) in [5, 5.41) is 11.7. The molecule has 2 aromatic rings. The van der Waals surface area contributed by atoms with Crippen molar-refractivity contribution in [1.29, 1.82) is 0 Å². The largest absolute Gasteiger partial charge is 0.493 e. The summed E-state index contributed by atoms with van der Waals surface area (Å²) in [7, 11) is 3.18. The fraction of sp³-hybridized carbons (Fsp3) is 0.357. The summed E-state index contributed by atoms with van der Waals surface area (Å²) >= 11 is 1.30. The molecule has 2 rings (SSSR count). The Balaban J connectivity index is 2.05. The molecule has 1 aromatic heterocycles. The van der Waals surface area contributed by atoms with Crippen LogP contribution in [0.5, 0.6) is 11.5 Å². The zero-order valence-corrected chi connectivity index (χ0v) is 13.4. The summed E-state index contributed by atoms with van der Waals surface area (Å²) in [5.41, 5.74) is 1.01. The monoisotopic (exact) mass is 323 g/mol. The smallest absolute Gasteiger partial charge is 0.413 e. The van der Waals surface area contributed by atoms with Crippen LogP contribution in [-0.2, 0) is 11.2 Å². The summed E-state index contributed by atoms with van der Waals surface area (Å²) in [4.78, 5) is 11.3. The van der Waals surface area contributed by atoms with Gasteiger partial charge in [0, 0.05) is 6.42 Å². The van der Waals surface area contributed by atoms with Gasteiger partial charge in [-0.3, -0.25) is 5.32 Å². The molecule has 0 spiro atoms. The normalized spacial score (nSPS) is 10.1. The van der Waals surface area contributed by atoms with Crippen molar-refractivity contribution in [1.82, 2.24) is 10.2 Å². The summed E-state index contributed by atoms with van der Waals surface area (Å²) in [6.07, 6.45) is 0.0547. The number of anilines is 1. The molecule has 0 radical (unpaired) electrons. The molecule has 0 bridgehead atoms. The van der Waals surface area contributed by atoms with Crippen molar-refractivity contribution in [3.05, 3.63) is 28.8 Å². The van der Waals surface area contributed by atoms with Crippen LogP contribution in [0.15, 0.2) is 18.2 Å². The molecule has 0 saturated carbocycles. The number of hydrogen-bond donors (Lipinski definition) is 1. The van der Waals surface area contributed by atoms with Crippen LogP contribution in [0, 0.1) is 0 Å². The van der Waals surface area contributed by atoms with Crippen molar-refractivity contribution in [2.45, 2.75) is 13.3 Å². The van der Waals surface area contributed by atoms with E-state index in [1.54, 1.807) is 21.1 Å². The maximum Gasteiger partial charge on any atom is 0.413 e. The van der Waals surface area contributed by atoms with Crippen LogP contribution in [0.4, 0.5) is 9.93 Å². The first kappa shape index (κ1) is 16.0. The van der Waals surface area contributed by atoms with Crippen LogP contribution < -0.4 is 14.8 Å². The zero-order chi connectivity index (χ0) is 15.9. The average Bonchev–Trinajstić information content (AvgIpc) is 2.94. The number of carbonyl (C=O) groups is 1. The predicted octanol–water partition coefficient (Wildman–Crippen LogP) is 2.71. The van der Waals surface area contributed by atoms with E-state index in [0.29, 0.717) is 29.7 Å². The lowest BCUT2D eigenvalue weighted by Crippen LogP contribution is -2.12. The highest BCUT2D eigenvalue weighted by Gasteiger charge is 2.10. The first-order chi connectivity index (χ1) is 10.7. The van der Waals surface area contributed by atoms with Crippen LogP contribution in [0.2, 0.25) is 0 Å². The van der Waals surface area contributed by atoms with Gasteiger partial charge in [0.05, 0.1) is 20.8 Å². The Morgan fingerprint density at radius 3 is 2.68 bits per heavy atom. The molecule has 1 amide bonds. The number of aromatic nitrogens is 2. The third-order valence-corrected chi connectivity index (χ3v) is 3.59.